The smallest absolute Gasteiger partial charge is 0.326 e. The van der Waals surface area contributed by atoms with Crippen molar-refractivity contribution in [3.05, 3.63) is 71.8 Å². The molecule has 1 aromatic carbocycles. The molecule has 0 radical (unpaired) electrons. The van der Waals surface area contributed by atoms with Crippen LogP contribution in [0.4, 0.5) is 0 Å². The fourth-order valence-corrected chi connectivity index (χ4v) is 4.63. The lowest BCUT2D eigenvalue weighted by atomic mass is 9.67. The predicted octanol–water partition coefficient (Wildman–Crippen LogP) is 5.84. The van der Waals surface area contributed by atoms with E-state index in [0.717, 1.165) is 53.3 Å². The number of allylic oxidation sites excluding steroid dienone is 2. The number of nitrogens with one attached hydrogen (secondary N) is 1. The third-order valence-electron chi connectivity index (χ3n) is 6.77. The standard InChI is InChI=1S/C29H33N3O4/c1-4-5-6-7-8-22-25(29(2,3)26(22)33)32-24(28(34)35)17-19-9-11-21(12-10-19)36-27-23-18-30-15-13-20(23)14-16-31-27/h9-16,18,24,32H,4-8,17H2,1-3H3,(H,34,35)/t24-/m0/s1. The van der Waals surface area contributed by atoms with Crippen LogP contribution in [0, 0.1) is 5.41 Å². The zero-order valence-electron chi connectivity index (χ0n) is 21.1. The number of hydrogen-bond acceptors (Lipinski definition) is 6. The zero-order valence-corrected chi connectivity index (χ0v) is 21.1. The second kappa shape index (κ2) is 10.9. The molecule has 0 saturated heterocycles. The first kappa shape index (κ1) is 25.4. The van der Waals surface area contributed by atoms with Gasteiger partial charge in [-0.1, -0.05) is 38.3 Å². The Kier molecular flexibility index (Phi) is 7.67. The number of Topliss-reactive ketones (excluding diaryl/α,β-unsaturated/α-hetero) is 1. The van der Waals surface area contributed by atoms with E-state index in [-0.39, 0.29) is 12.2 Å². The molecule has 0 aliphatic heterocycles. The molecule has 1 aliphatic carbocycles. The lowest BCUT2D eigenvalue weighted by Crippen LogP contribution is -2.51. The molecular formula is C29H33N3O4. The van der Waals surface area contributed by atoms with Gasteiger partial charge in [0.05, 0.1) is 10.8 Å². The van der Waals surface area contributed by atoms with Crippen LogP contribution in [0.25, 0.3) is 10.8 Å². The zero-order chi connectivity index (χ0) is 25.7. The number of rotatable bonds is 12. The number of pyridine rings is 2. The summed E-state index contributed by atoms with van der Waals surface area (Å²) in [4.78, 5) is 33.2. The van der Waals surface area contributed by atoms with Crippen LogP contribution in [-0.2, 0) is 16.0 Å². The van der Waals surface area contributed by atoms with Crippen molar-refractivity contribution in [2.24, 2.45) is 5.41 Å². The molecule has 188 valence electrons. The van der Waals surface area contributed by atoms with E-state index >= 15 is 0 Å². The molecule has 0 unspecified atom stereocenters. The highest BCUT2D eigenvalue weighted by molar-refractivity contribution is 6.09. The maximum atomic E-state index is 12.7. The molecule has 2 N–H and O–H groups in total. The van der Waals surface area contributed by atoms with Crippen molar-refractivity contribution < 1.29 is 19.4 Å². The first-order valence-electron chi connectivity index (χ1n) is 12.5. The van der Waals surface area contributed by atoms with Crippen molar-refractivity contribution >= 4 is 22.5 Å². The maximum Gasteiger partial charge on any atom is 0.326 e. The van der Waals surface area contributed by atoms with E-state index in [4.69, 9.17) is 4.74 Å². The molecule has 36 heavy (non-hydrogen) atoms. The summed E-state index contributed by atoms with van der Waals surface area (Å²) in [6, 6.07) is 10.3. The summed E-state index contributed by atoms with van der Waals surface area (Å²) in [6.45, 7) is 5.86. The van der Waals surface area contributed by atoms with Gasteiger partial charge in [0.15, 0.2) is 5.78 Å². The van der Waals surface area contributed by atoms with Gasteiger partial charge in [-0.05, 0) is 61.9 Å². The Labute approximate surface area is 211 Å². The van der Waals surface area contributed by atoms with E-state index in [1.807, 2.05) is 38.1 Å². The van der Waals surface area contributed by atoms with Gasteiger partial charge < -0.3 is 15.2 Å². The summed E-state index contributed by atoms with van der Waals surface area (Å²) in [5, 5.41) is 14.9. The Bertz CT molecular complexity index is 1280. The molecule has 1 atom stereocenters. The molecule has 4 rings (SSSR count). The van der Waals surface area contributed by atoms with Gasteiger partial charge in [0.2, 0.25) is 5.88 Å². The predicted molar refractivity (Wildman–Crippen MR) is 139 cm³/mol. The summed E-state index contributed by atoms with van der Waals surface area (Å²) >= 11 is 0. The minimum atomic E-state index is -0.948. The van der Waals surface area contributed by atoms with E-state index < -0.39 is 17.4 Å². The van der Waals surface area contributed by atoms with Crippen molar-refractivity contribution in [1.29, 1.82) is 0 Å². The first-order valence-corrected chi connectivity index (χ1v) is 12.5. The second-order valence-corrected chi connectivity index (χ2v) is 9.82. The van der Waals surface area contributed by atoms with Crippen LogP contribution >= 0.6 is 0 Å². The molecule has 0 spiro atoms. The summed E-state index contributed by atoms with van der Waals surface area (Å²) in [7, 11) is 0. The third kappa shape index (κ3) is 5.40. The Balaban J connectivity index is 1.45. The van der Waals surface area contributed by atoms with Crippen molar-refractivity contribution in [2.75, 3.05) is 0 Å². The normalized spacial score (nSPS) is 15.5. The van der Waals surface area contributed by atoms with Crippen LogP contribution in [0.3, 0.4) is 0 Å². The molecule has 7 heteroatoms. The van der Waals surface area contributed by atoms with E-state index in [2.05, 4.69) is 22.2 Å². The van der Waals surface area contributed by atoms with E-state index in [1.54, 1.807) is 30.7 Å². The van der Waals surface area contributed by atoms with Crippen LogP contribution in [0.1, 0.15) is 58.4 Å². The van der Waals surface area contributed by atoms with Gasteiger partial charge in [-0.25, -0.2) is 9.78 Å². The summed E-state index contributed by atoms with van der Waals surface area (Å²) in [5.74, 6) is 0.235. The fourth-order valence-electron chi connectivity index (χ4n) is 4.63. The average Bonchev–Trinajstić information content (AvgIpc) is 2.88. The molecule has 7 nitrogen and oxygen atoms in total. The van der Waals surface area contributed by atoms with E-state index in [1.165, 1.54) is 0 Å². The molecule has 2 heterocycles. The van der Waals surface area contributed by atoms with Crippen LogP contribution < -0.4 is 10.1 Å². The summed E-state index contributed by atoms with van der Waals surface area (Å²) in [5.41, 5.74) is 1.70. The molecule has 3 aromatic rings. The number of fused-ring (bicyclic) bond motifs is 1. The monoisotopic (exact) mass is 487 g/mol. The molecular weight excluding hydrogens is 454 g/mol. The van der Waals surface area contributed by atoms with Gasteiger partial charge in [0.1, 0.15) is 11.8 Å². The fraction of sp³-hybridized carbons (Fsp3) is 0.379. The highest BCUT2D eigenvalue weighted by Crippen LogP contribution is 2.43. The van der Waals surface area contributed by atoms with Crippen LogP contribution in [0.2, 0.25) is 0 Å². The van der Waals surface area contributed by atoms with Crippen LogP contribution in [0.15, 0.2) is 66.3 Å². The molecule has 0 bridgehead atoms. The second-order valence-electron chi connectivity index (χ2n) is 9.82. The lowest BCUT2D eigenvalue weighted by molar-refractivity contribution is -0.139. The Morgan fingerprint density at radius 1 is 1.08 bits per heavy atom. The minimum Gasteiger partial charge on any atom is -0.480 e. The number of carbonyl (C=O) groups excluding carboxylic acids is 1. The number of ether oxygens (including phenoxy) is 1. The Morgan fingerprint density at radius 2 is 1.83 bits per heavy atom. The van der Waals surface area contributed by atoms with E-state index in [0.29, 0.717) is 18.1 Å². The highest BCUT2D eigenvalue weighted by Gasteiger charge is 2.46. The highest BCUT2D eigenvalue weighted by atomic mass is 16.5. The number of nitrogens with zero attached hydrogens (tertiary/aromatic N) is 2. The number of carbonyl (C=O) groups is 2. The topological polar surface area (TPSA) is 101 Å². The minimum absolute atomic E-state index is 0.115. The SMILES string of the molecule is CCCCCCC1=C(N[C@@H](Cc2ccc(Oc3nccc4ccncc34)cc2)C(=O)O)C(C)(C)C1=O. The Morgan fingerprint density at radius 3 is 2.56 bits per heavy atom. The number of aromatic nitrogens is 2. The van der Waals surface area contributed by atoms with Gasteiger partial charge >= 0.3 is 5.97 Å². The van der Waals surface area contributed by atoms with E-state index in [9.17, 15) is 14.7 Å². The van der Waals surface area contributed by atoms with Crippen molar-refractivity contribution in [3.8, 4) is 11.6 Å². The number of unbranched alkanes of at least 4 members (excludes halogenated alkanes) is 3. The van der Waals surface area contributed by atoms with Crippen LogP contribution in [-0.4, -0.2) is 32.9 Å². The lowest BCUT2D eigenvalue weighted by Gasteiger charge is -2.41. The number of aliphatic carboxylic acids is 1. The van der Waals surface area contributed by atoms with Crippen LogP contribution in [0.5, 0.6) is 11.6 Å². The average molecular weight is 488 g/mol. The molecule has 1 aliphatic rings. The molecule has 2 aromatic heterocycles. The van der Waals surface area contributed by atoms with Crippen molar-refractivity contribution in [1.82, 2.24) is 15.3 Å². The molecule has 0 saturated carbocycles. The number of hydrogen-bond donors (Lipinski definition) is 2. The van der Waals surface area contributed by atoms with Gasteiger partial charge in [-0.2, -0.15) is 0 Å². The maximum absolute atomic E-state index is 12.7. The molecule has 0 fully saturated rings. The Hall–Kier alpha value is -3.74. The first-order chi connectivity index (χ1) is 17.3. The third-order valence-corrected chi connectivity index (χ3v) is 6.77. The van der Waals surface area contributed by atoms with Gasteiger partial charge in [0, 0.05) is 36.3 Å². The quantitative estimate of drug-likeness (QED) is 0.309. The van der Waals surface area contributed by atoms with Crippen molar-refractivity contribution in [2.45, 2.75) is 65.3 Å². The number of ketones is 1. The van der Waals surface area contributed by atoms with Crippen molar-refractivity contribution in [3.63, 3.8) is 0 Å². The van der Waals surface area contributed by atoms with Gasteiger partial charge in [-0.3, -0.25) is 9.78 Å². The number of carboxylic acids is 1. The van der Waals surface area contributed by atoms with Gasteiger partial charge in [0.25, 0.3) is 0 Å². The molecule has 0 amide bonds. The van der Waals surface area contributed by atoms with Gasteiger partial charge in [-0.15, -0.1) is 0 Å². The summed E-state index contributed by atoms with van der Waals surface area (Å²) in [6.07, 6.45) is 10.4. The number of benzene rings is 1. The number of carboxylic acid groups (broad SMARTS) is 1. The largest absolute Gasteiger partial charge is 0.480 e. The summed E-state index contributed by atoms with van der Waals surface area (Å²) < 4.78 is 5.97.